The van der Waals surface area contributed by atoms with Crippen LogP contribution < -0.4 is 4.74 Å². The molecule has 1 nitrogen and oxygen atoms in total. The maximum absolute atomic E-state index is 5.88. The van der Waals surface area contributed by atoms with Gasteiger partial charge in [0.2, 0.25) is 0 Å². The molecule has 1 aliphatic rings. The molecule has 0 fully saturated rings. The Bertz CT molecular complexity index is 336. The van der Waals surface area contributed by atoms with Crippen molar-refractivity contribution in [3.05, 3.63) is 35.2 Å². The van der Waals surface area contributed by atoms with Crippen LogP contribution in [0, 0.1) is 44.2 Å². The normalized spacial score (nSPS) is 17.6. The summed E-state index contributed by atoms with van der Waals surface area (Å²) >= 11 is 5.88. The molecular formula is C11H12ClHoO-. The van der Waals surface area contributed by atoms with Crippen LogP contribution in [0.5, 0.6) is 5.75 Å². The van der Waals surface area contributed by atoms with E-state index >= 15 is 0 Å². The topological polar surface area (TPSA) is 9.23 Å². The number of benzene rings is 1. The standard InChI is InChI=1S/C11H12ClO.Ho/c1-11(2)6-5-8-7-9(12)3-4-10(8)13-11;/h3-4,6-7H,5H2,1-2H3;/q-1;. The van der Waals surface area contributed by atoms with Crippen molar-refractivity contribution in [2.24, 2.45) is 0 Å². The van der Waals surface area contributed by atoms with Gasteiger partial charge in [-0.25, -0.2) is 0 Å². The molecule has 0 amide bonds. The number of hydrogen-bond donors (Lipinski definition) is 0. The summed E-state index contributed by atoms with van der Waals surface area (Å²) in [5.74, 6) is 0.955. The van der Waals surface area contributed by atoms with Crippen molar-refractivity contribution in [3.63, 3.8) is 0 Å². The first-order valence-electron chi connectivity index (χ1n) is 4.39. The molecule has 0 spiro atoms. The number of rotatable bonds is 0. The summed E-state index contributed by atoms with van der Waals surface area (Å²) in [5, 5.41) is 0.774. The van der Waals surface area contributed by atoms with Gasteiger partial charge in [0.15, 0.2) is 0 Å². The van der Waals surface area contributed by atoms with Crippen molar-refractivity contribution in [3.8, 4) is 5.75 Å². The molecule has 3 heteroatoms. The summed E-state index contributed by atoms with van der Waals surface area (Å²) in [4.78, 5) is 0. The minimum Gasteiger partial charge on any atom is -0.519 e. The van der Waals surface area contributed by atoms with E-state index in [0.717, 1.165) is 17.2 Å². The van der Waals surface area contributed by atoms with Crippen molar-refractivity contribution >= 4 is 11.6 Å². The van der Waals surface area contributed by atoms with E-state index in [1.165, 1.54) is 5.56 Å². The molecule has 0 aliphatic carbocycles. The molecule has 1 aromatic carbocycles. The third-order valence-corrected chi connectivity index (χ3v) is 2.44. The average molecular weight is 361 g/mol. The molecule has 0 saturated heterocycles. The Morgan fingerprint density at radius 3 is 2.86 bits per heavy atom. The van der Waals surface area contributed by atoms with Crippen molar-refractivity contribution in [2.75, 3.05) is 0 Å². The van der Waals surface area contributed by atoms with Crippen LogP contribution in [-0.2, 0) is 6.42 Å². The van der Waals surface area contributed by atoms with Crippen LogP contribution in [0.25, 0.3) is 0 Å². The van der Waals surface area contributed by atoms with E-state index in [-0.39, 0.29) is 43.3 Å². The van der Waals surface area contributed by atoms with Gasteiger partial charge in [-0.1, -0.05) is 25.4 Å². The van der Waals surface area contributed by atoms with Gasteiger partial charge in [0, 0.05) is 42.8 Å². The third-order valence-electron chi connectivity index (χ3n) is 2.21. The van der Waals surface area contributed by atoms with E-state index in [1.807, 2.05) is 18.2 Å². The minimum absolute atomic E-state index is 0. The molecule has 0 N–H and O–H groups in total. The zero-order chi connectivity index (χ0) is 9.47. The zero-order valence-corrected chi connectivity index (χ0v) is 10.8. The Kier molecular flexibility index (Phi) is 4.16. The second kappa shape index (κ2) is 4.61. The van der Waals surface area contributed by atoms with Crippen molar-refractivity contribution in [2.45, 2.75) is 25.9 Å². The first-order chi connectivity index (χ1) is 6.07. The minimum atomic E-state index is -0.152. The third kappa shape index (κ3) is 2.79. The number of halogens is 1. The molecule has 81 valence electrons. The Labute approximate surface area is 120 Å². The molecule has 0 bridgehead atoms. The number of hydrogen-bond acceptors (Lipinski definition) is 1. The monoisotopic (exact) mass is 360 g/mol. The fourth-order valence-electron chi connectivity index (χ4n) is 1.49. The molecule has 1 radical (unpaired) electrons. The predicted molar refractivity (Wildman–Crippen MR) is 54.2 cm³/mol. The van der Waals surface area contributed by atoms with Gasteiger partial charge in [0.25, 0.3) is 0 Å². The van der Waals surface area contributed by atoms with E-state index < -0.39 is 0 Å². The summed E-state index contributed by atoms with van der Waals surface area (Å²) in [6.45, 7) is 4.12. The molecule has 0 unspecified atom stereocenters. The SMILES string of the molecule is CC1(C)[CH-]Cc2cc(Cl)ccc2O1.[Ho]. The smallest absolute Gasteiger partial charge is 0.116 e. The largest absolute Gasteiger partial charge is 0.519 e. The van der Waals surface area contributed by atoms with Crippen LogP contribution in [0.15, 0.2) is 18.2 Å². The van der Waals surface area contributed by atoms with E-state index in [2.05, 4.69) is 20.3 Å². The molecule has 14 heavy (non-hydrogen) atoms. The van der Waals surface area contributed by atoms with Crippen molar-refractivity contribution in [1.82, 2.24) is 0 Å². The molecular weight excluding hydrogens is 349 g/mol. The van der Waals surface area contributed by atoms with E-state index in [4.69, 9.17) is 16.3 Å². The van der Waals surface area contributed by atoms with Gasteiger partial charge < -0.3 is 4.74 Å². The number of fused-ring (bicyclic) bond motifs is 1. The quantitative estimate of drug-likeness (QED) is 0.510. The first-order valence-corrected chi connectivity index (χ1v) is 4.76. The van der Waals surface area contributed by atoms with Crippen LogP contribution >= 0.6 is 11.6 Å². The molecule has 0 saturated carbocycles. The Morgan fingerprint density at radius 2 is 2.14 bits per heavy atom. The van der Waals surface area contributed by atoms with Gasteiger partial charge in [0.1, 0.15) is 5.75 Å². The molecule has 1 heterocycles. The number of ether oxygens (including phenoxy) is 1. The molecule has 1 aliphatic heterocycles. The maximum atomic E-state index is 5.88. The van der Waals surface area contributed by atoms with Gasteiger partial charge in [0.05, 0.1) is 0 Å². The van der Waals surface area contributed by atoms with Crippen LogP contribution in [0.3, 0.4) is 0 Å². The molecule has 0 aromatic heterocycles. The Hall–Kier alpha value is 0.570. The van der Waals surface area contributed by atoms with E-state index in [0.29, 0.717) is 0 Å². The average Bonchev–Trinajstić information content (AvgIpc) is 2.05. The van der Waals surface area contributed by atoms with Gasteiger partial charge >= 0.3 is 0 Å². The van der Waals surface area contributed by atoms with Gasteiger partial charge in [-0.2, -0.15) is 0 Å². The predicted octanol–water partition coefficient (Wildman–Crippen LogP) is 3.26. The summed E-state index contributed by atoms with van der Waals surface area (Å²) in [6, 6.07) is 5.76. The van der Waals surface area contributed by atoms with Crippen LogP contribution in [0.1, 0.15) is 19.4 Å². The fraction of sp³-hybridized carbons (Fsp3) is 0.364. The van der Waals surface area contributed by atoms with Gasteiger partial charge in [-0.3, -0.25) is 6.42 Å². The molecule has 2 rings (SSSR count). The van der Waals surface area contributed by atoms with Gasteiger partial charge in [-0.05, 0) is 29.4 Å². The molecule has 0 atom stereocenters. The second-order valence-electron chi connectivity index (χ2n) is 3.87. The maximum Gasteiger partial charge on any atom is 0.116 e. The van der Waals surface area contributed by atoms with Crippen LogP contribution in [0.4, 0.5) is 0 Å². The fourth-order valence-corrected chi connectivity index (χ4v) is 1.68. The zero-order valence-electron chi connectivity index (χ0n) is 8.10. The first kappa shape index (κ1) is 12.6. The van der Waals surface area contributed by atoms with Crippen molar-refractivity contribution in [1.29, 1.82) is 0 Å². The van der Waals surface area contributed by atoms with Gasteiger partial charge in [-0.15, -0.1) is 6.42 Å². The summed E-state index contributed by atoms with van der Waals surface area (Å²) in [7, 11) is 0. The Balaban J connectivity index is 0.000000980. The summed E-state index contributed by atoms with van der Waals surface area (Å²) in [6.07, 6.45) is 3.09. The molecule has 1 aromatic rings. The van der Waals surface area contributed by atoms with Crippen LogP contribution in [0.2, 0.25) is 5.02 Å². The Morgan fingerprint density at radius 1 is 1.43 bits per heavy atom. The summed E-state index contributed by atoms with van der Waals surface area (Å²) < 4.78 is 5.76. The second-order valence-corrected chi connectivity index (χ2v) is 4.30. The van der Waals surface area contributed by atoms with E-state index in [9.17, 15) is 0 Å². The van der Waals surface area contributed by atoms with E-state index in [1.54, 1.807) is 0 Å². The summed E-state index contributed by atoms with van der Waals surface area (Å²) in [5.41, 5.74) is 1.02. The van der Waals surface area contributed by atoms with Crippen molar-refractivity contribution < 1.29 is 42.5 Å². The van der Waals surface area contributed by atoms with Crippen LogP contribution in [-0.4, -0.2) is 5.60 Å².